The Kier molecular flexibility index (Phi) is 5.52. The molecule has 0 aromatic heterocycles. The quantitative estimate of drug-likeness (QED) is 0.325. The molecule has 0 amide bonds. The molecule has 177 valence electrons. The number of aliphatic hydroxyl groups is 2. The minimum atomic E-state index is -5.41. The summed E-state index contributed by atoms with van der Waals surface area (Å²) in [6.07, 6.45) is 1.07. The van der Waals surface area contributed by atoms with E-state index in [4.69, 9.17) is 4.89 Å². The maximum Gasteiger partial charge on any atom is 0.502 e. The lowest BCUT2D eigenvalue weighted by atomic mass is 9.50. The molecule has 0 bridgehead atoms. The Morgan fingerprint density at radius 2 is 1.97 bits per heavy atom. The van der Waals surface area contributed by atoms with E-state index < -0.39 is 48.4 Å². The van der Waals surface area contributed by atoms with E-state index in [0.717, 1.165) is 5.57 Å². The van der Waals surface area contributed by atoms with Crippen LogP contribution in [0.5, 0.6) is 0 Å². The van der Waals surface area contributed by atoms with Crippen molar-refractivity contribution in [1.29, 1.82) is 0 Å². The van der Waals surface area contributed by atoms with Gasteiger partial charge in [0.25, 0.3) is 0 Å². The first kappa shape index (κ1) is 23.9. The van der Waals surface area contributed by atoms with Gasteiger partial charge in [0.15, 0.2) is 5.78 Å². The number of carbonyl (C=O) groups is 2. The molecule has 2 saturated carbocycles. The second kappa shape index (κ2) is 7.39. The number of hydrogen-bond donors (Lipinski definition) is 3. The first-order valence-electron chi connectivity index (χ1n) is 10.9. The van der Waals surface area contributed by atoms with Crippen LogP contribution >= 0.6 is 7.82 Å². The van der Waals surface area contributed by atoms with Crippen LogP contribution in [0.3, 0.4) is 0 Å². The third-order valence-corrected chi connectivity index (χ3v) is 9.20. The van der Waals surface area contributed by atoms with Crippen molar-refractivity contribution in [2.75, 3.05) is 0 Å². The van der Waals surface area contributed by atoms with Gasteiger partial charge in [-0.15, -0.1) is 4.89 Å². The zero-order valence-electron chi connectivity index (χ0n) is 18.3. The zero-order valence-corrected chi connectivity index (χ0v) is 19.2. The monoisotopic (exact) mass is 471 g/mol. The van der Waals surface area contributed by atoms with Crippen LogP contribution in [0.4, 0.5) is 4.39 Å². The van der Waals surface area contributed by atoms with Gasteiger partial charge in [0.1, 0.15) is 11.8 Å². The molecule has 32 heavy (non-hydrogen) atoms. The van der Waals surface area contributed by atoms with Gasteiger partial charge in [0.05, 0.1) is 0 Å². The lowest BCUT2D eigenvalue weighted by molar-refractivity contribution is -0.182. The fourth-order valence-corrected chi connectivity index (χ4v) is 7.44. The van der Waals surface area contributed by atoms with Crippen LogP contribution in [0, 0.1) is 28.6 Å². The highest BCUT2D eigenvalue weighted by Gasteiger charge is 2.69. The predicted molar refractivity (Wildman–Crippen MR) is 109 cm³/mol. The molecule has 8 nitrogen and oxygen atoms in total. The smallest absolute Gasteiger partial charge is 0.381 e. The van der Waals surface area contributed by atoms with Crippen LogP contribution in [0.25, 0.3) is 0 Å². The fourth-order valence-electron chi connectivity index (χ4n) is 7.09. The number of rotatable bonds is 4. The third kappa shape index (κ3) is 3.24. The fraction of sp³-hybridized carbons (Fsp3) is 0.727. The van der Waals surface area contributed by atoms with Crippen molar-refractivity contribution in [3.63, 3.8) is 0 Å². The molecule has 0 heterocycles. The van der Waals surface area contributed by atoms with Crippen LogP contribution in [-0.2, 0) is 23.6 Å². The Morgan fingerprint density at radius 1 is 1.31 bits per heavy atom. The summed E-state index contributed by atoms with van der Waals surface area (Å²) in [5.41, 5.74) is -2.32. The molecule has 0 spiro atoms. The van der Waals surface area contributed by atoms with E-state index in [-0.39, 0.29) is 30.5 Å². The summed E-state index contributed by atoms with van der Waals surface area (Å²) >= 11 is 0. The van der Waals surface area contributed by atoms with Crippen molar-refractivity contribution in [3.05, 3.63) is 23.3 Å². The summed E-state index contributed by atoms with van der Waals surface area (Å²) in [6, 6.07) is 0. The average Bonchev–Trinajstić information content (AvgIpc) is 2.89. The van der Waals surface area contributed by atoms with E-state index >= 15 is 4.39 Å². The van der Waals surface area contributed by atoms with E-state index in [1.165, 1.54) is 6.08 Å². The highest BCUT2D eigenvalue weighted by Crippen LogP contribution is 2.67. The molecule has 10 heteroatoms. The molecule has 2 fully saturated rings. The number of fused-ring (bicyclic) bond motifs is 5. The van der Waals surface area contributed by atoms with Gasteiger partial charge < -0.3 is 15.1 Å². The Bertz CT molecular complexity index is 971. The first-order chi connectivity index (χ1) is 14.6. The van der Waals surface area contributed by atoms with Crippen LogP contribution in [0.15, 0.2) is 23.3 Å². The molecule has 3 N–H and O–H groups in total. The number of aliphatic hydroxyl groups excluding tert-OH is 1. The largest absolute Gasteiger partial charge is 0.502 e. The third-order valence-electron chi connectivity index (χ3n) is 8.73. The maximum absolute atomic E-state index is 15.3. The predicted octanol–water partition coefficient (Wildman–Crippen LogP) is 2.80. The Hall–Kier alpha value is -1.22. The van der Waals surface area contributed by atoms with Gasteiger partial charge in [-0.1, -0.05) is 32.4 Å². The minimum Gasteiger partial charge on any atom is -0.381 e. The molecule has 4 aliphatic rings. The number of carbonyl (C=O) groups excluding carboxylic acids is 2. The van der Waals surface area contributed by atoms with E-state index in [0.29, 0.717) is 24.8 Å². The summed E-state index contributed by atoms with van der Waals surface area (Å²) < 4.78 is 30.4. The lowest BCUT2D eigenvalue weighted by Crippen LogP contribution is -2.60. The Balaban J connectivity index is 1.74. The van der Waals surface area contributed by atoms with Crippen LogP contribution in [-0.4, -0.2) is 44.7 Å². The topological polar surface area (TPSA) is 141 Å². The standard InChI is InChI=1S/C22H29FO8P/c1-11-8-15-13-10-17(23)16-9-12(24)4-6-20(16,2)14(13)5-7-21(15,3)22(11,27)18(25)19(26)31-32(28,29)30/h5,9,11,13,15,17,19,26-27H,4,6-8,10H2,1-3H3,(H,28,29)/t11-,13?,15?,17-,19?,20+,21-,22-/m0/s1. The zero-order chi connectivity index (χ0) is 23.9. The van der Waals surface area contributed by atoms with E-state index in [1.54, 1.807) is 13.8 Å². The van der Waals surface area contributed by atoms with Gasteiger partial charge in [-0.05, 0) is 55.1 Å². The van der Waals surface area contributed by atoms with E-state index in [2.05, 4.69) is 4.52 Å². The molecule has 1 radical (unpaired) electrons. The number of Topliss-reactive ketones (excluding diaryl/α,β-unsaturated/α-hetero) is 1. The van der Waals surface area contributed by atoms with E-state index in [9.17, 15) is 29.3 Å². The minimum absolute atomic E-state index is 0.0807. The van der Waals surface area contributed by atoms with Crippen molar-refractivity contribution in [3.8, 4) is 0 Å². The molecule has 4 aliphatic carbocycles. The molecular formula is C22H29FO8P. The SMILES string of the molecule is C[C@H]1CC2C3C[C@H](F)C4=CC(=O)CC[C@]4(C)C3=CC[C@]2(C)[C@@]1(O)C(=O)C(O)OP([O])(=O)O. The summed E-state index contributed by atoms with van der Waals surface area (Å²) in [5, 5.41) is 21.6. The second-order valence-corrected chi connectivity index (χ2v) is 11.4. The van der Waals surface area contributed by atoms with Gasteiger partial charge in [0.2, 0.25) is 12.1 Å². The molecule has 4 rings (SSSR count). The summed E-state index contributed by atoms with van der Waals surface area (Å²) in [5.74, 6) is -2.56. The summed E-state index contributed by atoms with van der Waals surface area (Å²) in [6.45, 7) is 5.27. The molecule has 0 saturated heterocycles. The van der Waals surface area contributed by atoms with Crippen molar-refractivity contribution in [2.45, 2.75) is 70.9 Å². The van der Waals surface area contributed by atoms with Crippen molar-refractivity contribution < 1.29 is 43.1 Å². The van der Waals surface area contributed by atoms with Gasteiger partial charge in [-0.3, -0.25) is 9.59 Å². The van der Waals surface area contributed by atoms with Crippen molar-refractivity contribution in [1.82, 2.24) is 0 Å². The number of hydrogen-bond acceptors (Lipinski definition) is 6. The number of alkyl halides is 1. The Labute approximate surface area is 185 Å². The number of allylic oxidation sites excluding steroid dienone is 4. The molecule has 0 aromatic carbocycles. The van der Waals surface area contributed by atoms with Crippen molar-refractivity contribution in [2.24, 2.45) is 28.6 Å². The van der Waals surface area contributed by atoms with Gasteiger partial charge >= 0.3 is 7.82 Å². The highest BCUT2D eigenvalue weighted by atomic mass is 31.2. The molecule has 0 aliphatic heterocycles. The highest BCUT2D eigenvalue weighted by molar-refractivity contribution is 7.46. The Morgan fingerprint density at radius 3 is 2.59 bits per heavy atom. The average molecular weight is 471 g/mol. The second-order valence-electron chi connectivity index (χ2n) is 10.3. The summed E-state index contributed by atoms with van der Waals surface area (Å²) in [7, 11) is -5.41. The molecule has 0 aromatic rings. The maximum atomic E-state index is 15.3. The van der Waals surface area contributed by atoms with Crippen LogP contribution < -0.4 is 0 Å². The number of ketones is 2. The van der Waals surface area contributed by atoms with Crippen molar-refractivity contribution >= 4 is 19.4 Å². The van der Waals surface area contributed by atoms with Gasteiger partial charge in [0, 0.05) is 17.3 Å². The van der Waals surface area contributed by atoms with Gasteiger partial charge in [-0.2, -0.15) is 0 Å². The van der Waals surface area contributed by atoms with E-state index in [1.807, 2.05) is 13.0 Å². The molecular weight excluding hydrogens is 442 g/mol. The normalized spacial score (nSPS) is 44.7. The summed E-state index contributed by atoms with van der Waals surface area (Å²) in [4.78, 5) is 44.8. The number of halogens is 1. The van der Waals surface area contributed by atoms with Crippen LogP contribution in [0.1, 0.15) is 52.9 Å². The molecule has 9 atom stereocenters. The van der Waals surface area contributed by atoms with Gasteiger partial charge in [-0.25, -0.2) is 13.5 Å². The first-order valence-corrected chi connectivity index (χ1v) is 12.4. The van der Waals surface area contributed by atoms with Crippen LogP contribution in [0.2, 0.25) is 0 Å². The lowest BCUT2D eigenvalue weighted by Gasteiger charge is -2.55. The molecule has 4 unspecified atom stereocenters.